The van der Waals surface area contributed by atoms with E-state index in [4.69, 9.17) is 4.74 Å². The first kappa shape index (κ1) is 14.6. The zero-order chi connectivity index (χ0) is 15.7. The average molecular weight is 317 g/mol. The molecule has 0 spiro atoms. The number of cyclic esters (lactones) is 1. The highest BCUT2D eigenvalue weighted by Crippen LogP contribution is 2.23. The van der Waals surface area contributed by atoms with Crippen LogP contribution in [0.1, 0.15) is 33.4 Å². The Labute approximate surface area is 131 Å². The van der Waals surface area contributed by atoms with E-state index in [1.54, 1.807) is 6.07 Å². The van der Waals surface area contributed by atoms with Crippen LogP contribution >= 0.6 is 11.3 Å². The van der Waals surface area contributed by atoms with Crippen LogP contribution in [0.2, 0.25) is 0 Å². The number of carbonyl (C=O) groups is 2. The van der Waals surface area contributed by atoms with E-state index >= 15 is 0 Å². The van der Waals surface area contributed by atoms with Gasteiger partial charge in [0.25, 0.3) is 5.91 Å². The summed E-state index contributed by atoms with van der Waals surface area (Å²) in [6.07, 6.45) is 0.294. The molecule has 114 valence electrons. The van der Waals surface area contributed by atoms with Crippen LogP contribution < -0.4 is 5.32 Å². The molecule has 0 radical (unpaired) electrons. The highest BCUT2D eigenvalue weighted by Gasteiger charge is 2.31. The number of aryl methyl sites for hydroxylation is 2. The van der Waals surface area contributed by atoms with Gasteiger partial charge in [-0.05, 0) is 25.0 Å². The molecule has 1 unspecified atom stereocenters. The van der Waals surface area contributed by atoms with Gasteiger partial charge in [0.2, 0.25) is 5.13 Å². The number of ether oxygens (including phenoxy) is 1. The molecule has 1 atom stereocenters. The van der Waals surface area contributed by atoms with Crippen LogP contribution in [0, 0.1) is 6.92 Å². The number of fused-ring (bicyclic) bond motifs is 1. The molecule has 1 N–H and O–H groups in total. The second-order valence-corrected chi connectivity index (χ2v) is 6.16. The van der Waals surface area contributed by atoms with E-state index in [0.717, 1.165) is 22.6 Å². The van der Waals surface area contributed by atoms with Crippen molar-refractivity contribution in [1.29, 1.82) is 0 Å². The van der Waals surface area contributed by atoms with E-state index in [-0.39, 0.29) is 5.91 Å². The topological polar surface area (TPSA) is 81.2 Å². The van der Waals surface area contributed by atoms with Gasteiger partial charge >= 0.3 is 5.97 Å². The molecule has 1 aromatic heterocycles. The highest BCUT2D eigenvalue weighted by atomic mass is 32.1. The molecular formula is C15H15N3O3S. The molecule has 0 bridgehead atoms. The van der Waals surface area contributed by atoms with E-state index < -0.39 is 12.1 Å². The van der Waals surface area contributed by atoms with Crippen molar-refractivity contribution in [1.82, 2.24) is 10.2 Å². The Morgan fingerprint density at radius 2 is 2.27 bits per heavy atom. The summed E-state index contributed by atoms with van der Waals surface area (Å²) in [5.41, 5.74) is 2.41. The van der Waals surface area contributed by atoms with E-state index in [1.165, 1.54) is 11.3 Å². The molecule has 1 aliphatic heterocycles. The zero-order valence-corrected chi connectivity index (χ0v) is 13.1. The summed E-state index contributed by atoms with van der Waals surface area (Å²) >= 11 is 1.32. The second-order valence-electron chi connectivity index (χ2n) is 5.10. The van der Waals surface area contributed by atoms with Gasteiger partial charge in [-0.15, -0.1) is 10.2 Å². The zero-order valence-electron chi connectivity index (χ0n) is 12.3. The third kappa shape index (κ3) is 2.85. The number of amides is 1. The Balaban J connectivity index is 1.75. The molecular weight excluding hydrogens is 302 g/mol. The fourth-order valence-electron chi connectivity index (χ4n) is 2.30. The fraction of sp³-hybridized carbons (Fsp3) is 0.333. The molecule has 0 fully saturated rings. The predicted molar refractivity (Wildman–Crippen MR) is 82.0 cm³/mol. The number of anilines is 1. The Kier molecular flexibility index (Phi) is 3.89. The van der Waals surface area contributed by atoms with Gasteiger partial charge < -0.3 is 4.74 Å². The third-order valence-electron chi connectivity index (χ3n) is 3.43. The summed E-state index contributed by atoms with van der Waals surface area (Å²) in [7, 11) is 0. The summed E-state index contributed by atoms with van der Waals surface area (Å²) < 4.78 is 5.23. The monoisotopic (exact) mass is 317 g/mol. The molecule has 0 saturated carbocycles. The summed E-state index contributed by atoms with van der Waals surface area (Å²) in [6.45, 7) is 3.91. The number of hydrogen-bond acceptors (Lipinski definition) is 6. The molecule has 22 heavy (non-hydrogen) atoms. The summed E-state index contributed by atoms with van der Waals surface area (Å²) in [5.74, 6) is -0.841. The minimum Gasteiger partial charge on any atom is -0.448 e. The summed E-state index contributed by atoms with van der Waals surface area (Å²) in [6, 6.07) is 5.50. The van der Waals surface area contributed by atoms with Crippen LogP contribution in [0.15, 0.2) is 18.2 Å². The van der Waals surface area contributed by atoms with Gasteiger partial charge in [-0.2, -0.15) is 0 Å². The van der Waals surface area contributed by atoms with E-state index in [1.807, 2.05) is 26.0 Å². The van der Waals surface area contributed by atoms with Gasteiger partial charge in [-0.3, -0.25) is 10.1 Å². The number of nitrogens with zero attached hydrogens (tertiary/aromatic N) is 2. The fourth-order valence-corrected chi connectivity index (χ4v) is 2.99. The number of carbonyl (C=O) groups excluding carboxylic acids is 2. The Morgan fingerprint density at radius 3 is 3.00 bits per heavy atom. The predicted octanol–water partition coefficient (Wildman–Crippen LogP) is 2.13. The number of aromatic nitrogens is 2. The maximum absolute atomic E-state index is 12.3. The van der Waals surface area contributed by atoms with Gasteiger partial charge in [-0.1, -0.05) is 36.0 Å². The van der Waals surface area contributed by atoms with Crippen molar-refractivity contribution >= 4 is 28.3 Å². The summed E-state index contributed by atoms with van der Waals surface area (Å²) in [4.78, 5) is 24.2. The largest absolute Gasteiger partial charge is 0.448 e. The SMILES string of the molecule is CCc1nnc(NC(=O)C2Cc3cc(C)ccc3C(=O)O2)s1. The Bertz CT molecular complexity index is 741. The quantitative estimate of drug-likeness (QED) is 0.877. The van der Waals surface area contributed by atoms with Crippen molar-refractivity contribution in [2.24, 2.45) is 0 Å². The van der Waals surface area contributed by atoms with Gasteiger partial charge in [0.05, 0.1) is 5.56 Å². The van der Waals surface area contributed by atoms with E-state index in [0.29, 0.717) is 17.1 Å². The molecule has 1 aliphatic rings. The molecule has 1 amide bonds. The molecule has 0 saturated heterocycles. The van der Waals surface area contributed by atoms with Crippen LogP contribution in [0.25, 0.3) is 0 Å². The Morgan fingerprint density at radius 1 is 1.45 bits per heavy atom. The van der Waals surface area contributed by atoms with Crippen molar-refractivity contribution < 1.29 is 14.3 Å². The van der Waals surface area contributed by atoms with Gasteiger partial charge in [0, 0.05) is 6.42 Å². The Hall–Kier alpha value is -2.28. The van der Waals surface area contributed by atoms with Crippen molar-refractivity contribution in [3.63, 3.8) is 0 Å². The minimum atomic E-state index is -0.837. The molecule has 1 aromatic carbocycles. The number of esters is 1. The lowest BCUT2D eigenvalue weighted by Crippen LogP contribution is -2.38. The van der Waals surface area contributed by atoms with Crippen LogP contribution in [-0.2, 0) is 22.4 Å². The normalized spacial score (nSPS) is 16.8. The highest BCUT2D eigenvalue weighted by molar-refractivity contribution is 7.15. The first-order valence-corrected chi connectivity index (χ1v) is 7.82. The van der Waals surface area contributed by atoms with Crippen molar-refractivity contribution in [2.75, 3.05) is 5.32 Å². The third-order valence-corrected chi connectivity index (χ3v) is 4.41. The van der Waals surface area contributed by atoms with E-state index in [9.17, 15) is 9.59 Å². The van der Waals surface area contributed by atoms with Crippen molar-refractivity contribution in [3.05, 3.63) is 39.9 Å². The van der Waals surface area contributed by atoms with Crippen LogP contribution in [0.3, 0.4) is 0 Å². The second kappa shape index (κ2) is 5.84. The lowest BCUT2D eigenvalue weighted by Gasteiger charge is -2.23. The maximum Gasteiger partial charge on any atom is 0.339 e. The van der Waals surface area contributed by atoms with Crippen molar-refractivity contribution in [2.45, 2.75) is 32.8 Å². The van der Waals surface area contributed by atoms with Gasteiger partial charge in [0.1, 0.15) is 5.01 Å². The lowest BCUT2D eigenvalue weighted by molar-refractivity contribution is -0.125. The molecule has 0 aliphatic carbocycles. The first-order chi connectivity index (χ1) is 10.6. The smallest absolute Gasteiger partial charge is 0.339 e. The molecule has 7 heteroatoms. The number of hydrogen-bond donors (Lipinski definition) is 1. The average Bonchev–Trinajstić information content (AvgIpc) is 2.94. The molecule has 2 aromatic rings. The number of benzene rings is 1. The van der Waals surface area contributed by atoms with Gasteiger partial charge in [-0.25, -0.2) is 4.79 Å². The van der Waals surface area contributed by atoms with E-state index in [2.05, 4.69) is 15.5 Å². The number of rotatable bonds is 3. The van der Waals surface area contributed by atoms with Crippen LogP contribution in [0.4, 0.5) is 5.13 Å². The molecule has 3 rings (SSSR count). The lowest BCUT2D eigenvalue weighted by atomic mass is 9.96. The summed E-state index contributed by atoms with van der Waals surface area (Å²) in [5, 5.41) is 11.8. The molecule has 6 nitrogen and oxygen atoms in total. The first-order valence-electron chi connectivity index (χ1n) is 7.00. The minimum absolute atomic E-state index is 0.369. The number of nitrogens with one attached hydrogen (secondary N) is 1. The maximum atomic E-state index is 12.3. The molecule has 2 heterocycles. The van der Waals surface area contributed by atoms with Crippen LogP contribution in [-0.4, -0.2) is 28.2 Å². The van der Waals surface area contributed by atoms with Gasteiger partial charge in [0.15, 0.2) is 6.10 Å². The van der Waals surface area contributed by atoms with Crippen molar-refractivity contribution in [3.8, 4) is 0 Å². The standard InChI is InChI=1S/C15H15N3O3S/c1-3-12-17-18-15(22-12)16-13(19)11-7-9-6-8(2)4-5-10(9)14(20)21-11/h4-6,11H,3,7H2,1-2H3,(H,16,18,19). The van der Waals surface area contributed by atoms with Crippen LogP contribution in [0.5, 0.6) is 0 Å².